The molecule has 1 rings (SSSR count). The summed E-state index contributed by atoms with van der Waals surface area (Å²) in [6, 6.07) is 9.07. The van der Waals surface area contributed by atoms with Crippen molar-refractivity contribution in [2.24, 2.45) is 0 Å². The molecule has 1 aromatic carbocycles. The van der Waals surface area contributed by atoms with E-state index in [0.717, 1.165) is 5.69 Å². The predicted molar refractivity (Wildman–Crippen MR) is 74.3 cm³/mol. The summed E-state index contributed by atoms with van der Waals surface area (Å²) in [5.74, 6) is -0.937. The molecule has 0 aliphatic heterocycles. The van der Waals surface area contributed by atoms with E-state index in [0.29, 0.717) is 13.0 Å². The zero-order valence-corrected chi connectivity index (χ0v) is 11.1. The van der Waals surface area contributed by atoms with Crippen molar-refractivity contribution in [3.8, 4) is 0 Å². The van der Waals surface area contributed by atoms with E-state index in [1.54, 1.807) is 13.1 Å². The maximum atomic E-state index is 11.8. The van der Waals surface area contributed by atoms with Crippen molar-refractivity contribution in [3.63, 3.8) is 0 Å². The molecule has 0 radical (unpaired) electrons. The Hall–Kier alpha value is -2.30. The molecule has 0 bridgehead atoms. The Labute approximate surface area is 112 Å². The van der Waals surface area contributed by atoms with Gasteiger partial charge in [0.15, 0.2) is 0 Å². The summed E-state index contributed by atoms with van der Waals surface area (Å²) in [4.78, 5) is 23.9. The van der Waals surface area contributed by atoms with Gasteiger partial charge < -0.3 is 10.4 Å². The number of hydrogen-bond donors (Lipinski definition) is 2. The van der Waals surface area contributed by atoms with Crippen LogP contribution in [0.2, 0.25) is 0 Å². The van der Waals surface area contributed by atoms with Crippen molar-refractivity contribution < 1.29 is 14.7 Å². The molecule has 0 aromatic heterocycles. The van der Waals surface area contributed by atoms with Crippen LogP contribution in [0.15, 0.2) is 42.0 Å². The number of rotatable bonds is 5. The van der Waals surface area contributed by atoms with Gasteiger partial charge in [-0.2, -0.15) is 0 Å². The Morgan fingerprint density at radius 1 is 1.32 bits per heavy atom. The van der Waals surface area contributed by atoms with Crippen LogP contribution >= 0.6 is 0 Å². The number of carboxylic acid groups (broad SMARTS) is 1. The fourth-order valence-corrected chi connectivity index (χ4v) is 1.44. The van der Waals surface area contributed by atoms with Gasteiger partial charge in [0.25, 0.3) is 0 Å². The standard InChI is InChI=1S/C14H18N2O3/c1-11(13(17)18)7-6-10-15-14(19)16(2)12-8-4-3-5-9-12/h3-5,7-9H,6,10H2,1-2H3,(H,15,19)(H,17,18). The Morgan fingerprint density at radius 2 is 1.95 bits per heavy atom. The lowest BCUT2D eigenvalue weighted by molar-refractivity contribution is -0.132. The van der Waals surface area contributed by atoms with Gasteiger partial charge in [-0.25, -0.2) is 9.59 Å². The molecule has 0 fully saturated rings. The van der Waals surface area contributed by atoms with Gasteiger partial charge >= 0.3 is 12.0 Å². The summed E-state index contributed by atoms with van der Waals surface area (Å²) in [7, 11) is 1.68. The maximum absolute atomic E-state index is 11.8. The smallest absolute Gasteiger partial charge is 0.330 e. The highest BCUT2D eigenvalue weighted by molar-refractivity contribution is 5.91. The number of amides is 2. The third-order valence-corrected chi connectivity index (χ3v) is 2.66. The summed E-state index contributed by atoms with van der Waals surface area (Å²) in [5.41, 5.74) is 1.09. The van der Waals surface area contributed by atoms with Gasteiger partial charge in [-0.3, -0.25) is 4.90 Å². The molecule has 2 amide bonds. The van der Waals surface area contributed by atoms with Crippen LogP contribution in [0.4, 0.5) is 10.5 Å². The van der Waals surface area contributed by atoms with Crippen LogP contribution in [0.3, 0.4) is 0 Å². The highest BCUT2D eigenvalue weighted by Gasteiger charge is 2.08. The molecule has 102 valence electrons. The molecular formula is C14H18N2O3. The fourth-order valence-electron chi connectivity index (χ4n) is 1.44. The van der Waals surface area contributed by atoms with E-state index < -0.39 is 5.97 Å². The Balaban J connectivity index is 2.40. The number of para-hydroxylation sites is 1. The minimum Gasteiger partial charge on any atom is -0.478 e. The van der Waals surface area contributed by atoms with Crippen LogP contribution in [-0.4, -0.2) is 30.7 Å². The van der Waals surface area contributed by atoms with Gasteiger partial charge in [-0.1, -0.05) is 24.3 Å². The van der Waals surface area contributed by atoms with Crippen LogP contribution in [-0.2, 0) is 4.79 Å². The molecule has 0 aliphatic carbocycles. The van der Waals surface area contributed by atoms with E-state index in [9.17, 15) is 9.59 Å². The van der Waals surface area contributed by atoms with E-state index in [4.69, 9.17) is 5.11 Å². The average Bonchev–Trinajstić information content (AvgIpc) is 2.43. The average molecular weight is 262 g/mol. The summed E-state index contributed by atoms with van der Waals surface area (Å²) < 4.78 is 0. The number of hydrogen-bond acceptors (Lipinski definition) is 2. The number of carbonyl (C=O) groups excluding carboxylic acids is 1. The Kier molecular flexibility index (Phi) is 5.60. The molecule has 0 saturated carbocycles. The van der Waals surface area contributed by atoms with Crippen molar-refractivity contribution in [2.75, 3.05) is 18.5 Å². The molecule has 0 unspecified atom stereocenters. The number of aliphatic carboxylic acids is 1. The third kappa shape index (κ3) is 4.83. The van der Waals surface area contributed by atoms with E-state index >= 15 is 0 Å². The monoisotopic (exact) mass is 262 g/mol. The van der Waals surface area contributed by atoms with Gasteiger partial charge in [-0.05, 0) is 25.5 Å². The highest BCUT2D eigenvalue weighted by atomic mass is 16.4. The van der Waals surface area contributed by atoms with Gasteiger partial charge in [-0.15, -0.1) is 0 Å². The SMILES string of the molecule is CC(=CCCNC(=O)N(C)c1ccccc1)C(=O)O. The first-order valence-electron chi connectivity index (χ1n) is 5.99. The lowest BCUT2D eigenvalue weighted by Crippen LogP contribution is -2.37. The van der Waals surface area contributed by atoms with Crippen molar-refractivity contribution in [1.29, 1.82) is 0 Å². The number of carboxylic acids is 1. The van der Waals surface area contributed by atoms with E-state index in [1.807, 2.05) is 30.3 Å². The second-order valence-electron chi connectivity index (χ2n) is 4.11. The molecule has 0 atom stereocenters. The van der Waals surface area contributed by atoms with Crippen LogP contribution in [0.5, 0.6) is 0 Å². The zero-order valence-electron chi connectivity index (χ0n) is 11.1. The van der Waals surface area contributed by atoms with E-state index in [-0.39, 0.29) is 11.6 Å². The minimum atomic E-state index is -0.937. The predicted octanol–water partition coefficient (Wildman–Crippen LogP) is 2.25. The van der Waals surface area contributed by atoms with Crippen molar-refractivity contribution in [1.82, 2.24) is 5.32 Å². The summed E-state index contributed by atoms with van der Waals surface area (Å²) in [5, 5.41) is 11.4. The molecular weight excluding hydrogens is 244 g/mol. The number of carbonyl (C=O) groups is 2. The molecule has 5 heteroatoms. The number of nitrogens with zero attached hydrogens (tertiary/aromatic N) is 1. The quantitative estimate of drug-likeness (QED) is 0.631. The largest absolute Gasteiger partial charge is 0.478 e. The first-order valence-corrected chi connectivity index (χ1v) is 5.99. The Bertz CT molecular complexity index is 469. The molecule has 1 aromatic rings. The molecule has 19 heavy (non-hydrogen) atoms. The molecule has 0 aliphatic rings. The number of urea groups is 1. The second kappa shape index (κ2) is 7.20. The van der Waals surface area contributed by atoms with Crippen molar-refractivity contribution in [3.05, 3.63) is 42.0 Å². The first kappa shape index (κ1) is 14.8. The van der Waals surface area contributed by atoms with Crippen LogP contribution in [0.25, 0.3) is 0 Å². The fraction of sp³-hybridized carbons (Fsp3) is 0.286. The number of benzene rings is 1. The van der Waals surface area contributed by atoms with Gasteiger partial charge in [0.1, 0.15) is 0 Å². The minimum absolute atomic E-state index is 0.215. The van der Waals surface area contributed by atoms with E-state index in [1.165, 1.54) is 11.8 Å². The first-order chi connectivity index (χ1) is 9.02. The summed E-state index contributed by atoms with van der Waals surface area (Å²) >= 11 is 0. The van der Waals surface area contributed by atoms with Crippen LogP contribution < -0.4 is 10.2 Å². The molecule has 0 saturated heterocycles. The van der Waals surface area contributed by atoms with Gasteiger partial charge in [0.05, 0.1) is 0 Å². The topological polar surface area (TPSA) is 69.6 Å². The highest BCUT2D eigenvalue weighted by Crippen LogP contribution is 2.10. The molecule has 2 N–H and O–H groups in total. The maximum Gasteiger partial charge on any atom is 0.330 e. The normalized spacial score (nSPS) is 10.9. The summed E-state index contributed by atoms with van der Waals surface area (Å²) in [6.07, 6.45) is 2.08. The lowest BCUT2D eigenvalue weighted by atomic mass is 10.2. The van der Waals surface area contributed by atoms with Gasteiger partial charge in [0.2, 0.25) is 0 Å². The molecule has 0 heterocycles. The third-order valence-electron chi connectivity index (χ3n) is 2.66. The van der Waals surface area contributed by atoms with Crippen LogP contribution in [0, 0.1) is 0 Å². The second-order valence-corrected chi connectivity index (χ2v) is 4.11. The van der Waals surface area contributed by atoms with Crippen molar-refractivity contribution in [2.45, 2.75) is 13.3 Å². The van der Waals surface area contributed by atoms with Crippen molar-refractivity contribution >= 4 is 17.7 Å². The number of anilines is 1. The van der Waals surface area contributed by atoms with Crippen LogP contribution in [0.1, 0.15) is 13.3 Å². The number of nitrogens with one attached hydrogen (secondary N) is 1. The van der Waals surface area contributed by atoms with Gasteiger partial charge in [0, 0.05) is 24.9 Å². The Morgan fingerprint density at radius 3 is 2.53 bits per heavy atom. The van der Waals surface area contributed by atoms with E-state index in [2.05, 4.69) is 5.32 Å². The lowest BCUT2D eigenvalue weighted by Gasteiger charge is -2.17. The zero-order chi connectivity index (χ0) is 14.3. The molecule has 5 nitrogen and oxygen atoms in total. The molecule has 0 spiro atoms. The summed E-state index contributed by atoms with van der Waals surface area (Å²) in [6.45, 7) is 1.93.